The van der Waals surface area contributed by atoms with E-state index in [1.54, 1.807) is 6.92 Å². The van der Waals surface area contributed by atoms with E-state index in [2.05, 4.69) is 21.2 Å². The molecule has 15 heavy (non-hydrogen) atoms. The van der Waals surface area contributed by atoms with E-state index in [-0.39, 0.29) is 16.4 Å². The summed E-state index contributed by atoms with van der Waals surface area (Å²) in [6.45, 7) is 7.86. The maximum absolute atomic E-state index is 11.5. The normalized spacial score (nSPS) is 21.1. The summed E-state index contributed by atoms with van der Waals surface area (Å²) >= 11 is 3.23. The SMILES string of the molecule is CC(Br)C(=O)OC(C)(C)C1CCNCC1. The Kier molecular flexibility index (Phi) is 4.59. The van der Waals surface area contributed by atoms with Crippen LogP contribution in [0.2, 0.25) is 0 Å². The smallest absolute Gasteiger partial charge is 0.319 e. The van der Waals surface area contributed by atoms with Crippen LogP contribution in [0.1, 0.15) is 33.6 Å². The maximum Gasteiger partial charge on any atom is 0.319 e. The average Bonchev–Trinajstić information content (AvgIpc) is 2.18. The number of rotatable bonds is 3. The molecule has 0 saturated carbocycles. The van der Waals surface area contributed by atoms with Gasteiger partial charge in [-0.15, -0.1) is 0 Å². The van der Waals surface area contributed by atoms with Crippen LogP contribution in [0.25, 0.3) is 0 Å². The number of alkyl halides is 1. The van der Waals surface area contributed by atoms with Gasteiger partial charge in [0, 0.05) is 5.92 Å². The fraction of sp³-hybridized carbons (Fsp3) is 0.909. The second-order valence-corrected chi connectivity index (χ2v) is 6.04. The van der Waals surface area contributed by atoms with Crippen LogP contribution in [0.3, 0.4) is 0 Å². The Bertz CT molecular complexity index is 223. The van der Waals surface area contributed by atoms with Crippen LogP contribution in [-0.4, -0.2) is 29.5 Å². The molecule has 1 aliphatic rings. The second kappa shape index (κ2) is 5.30. The van der Waals surface area contributed by atoms with Gasteiger partial charge in [-0.05, 0) is 46.7 Å². The lowest BCUT2D eigenvalue weighted by Gasteiger charge is -2.37. The lowest BCUT2D eigenvalue weighted by Crippen LogP contribution is -2.43. The molecule has 1 unspecified atom stereocenters. The summed E-state index contributed by atoms with van der Waals surface area (Å²) in [5, 5.41) is 3.31. The first-order chi connectivity index (χ1) is 6.93. The molecule has 0 aromatic rings. The highest BCUT2D eigenvalue weighted by Gasteiger charge is 2.34. The molecule has 0 radical (unpaired) electrons. The molecular formula is C11H20BrNO2. The van der Waals surface area contributed by atoms with Crippen LogP contribution in [0.5, 0.6) is 0 Å². The van der Waals surface area contributed by atoms with Gasteiger partial charge in [-0.3, -0.25) is 4.79 Å². The van der Waals surface area contributed by atoms with E-state index >= 15 is 0 Å². The fourth-order valence-corrected chi connectivity index (χ4v) is 2.03. The number of esters is 1. The van der Waals surface area contributed by atoms with Crippen molar-refractivity contribution in [2.75, 3.05) is 13.1 Å². The highest BCUT2D eigenvalue weighted by molar-refractivity contribution is 9.10. The molecule has 88 valence electrons. The van der Waals surface area contributed by atoms with Crippen molar-refractivity contribution in [3.05, 3.63) is 0 Å². The van der Waals surface area contributed by atoms with E-state index < -0.39 is 0 Å². The minimum atomic E-state index is -0.346. The Morgan fingerprint density at radius 3 is 2.47 bits per heavy atom. The third kappa shape index (κ3) is 3.76. The first kappa shape index (κ1) is 13.0. The van der Waals surface area contributed by atoms with Crippen molar-refractivity contribution < 1.29 is 9.53 Å². The molecule has 1 atom stereocenters. The number of carbonyl (C=O) groups excluding carboxylic acids is 1. The summed E-state index contributed by atoms with van der Waals surface area (Å²) in [5.74, 6) is 0.299. The molecule has 0 aromatic carbocycles. The molecule has 1 saturated heterocycles. The van der Waals surface area contributed by atoms with Crippen LogP contribution in [0, 0.1) is 5.92 Å². The summed E-state index contributed by atoms with van der Waals surface area (Å²) in [6, 6.07) is 0. The van der Waals surface area contributed by atoms with E-state index in [0.717, 1.165) is 25.9 Å². The molecule has 1 rings (SSSR count). The summed E-state index contributed by atoms with van der Waals surface area (Å²) in [6.07, 6.45) is 2.16. The zero-order valence-corrected chi connectivity index (χ0v) is 11.3. The maximum atomic E-state index is 11.5. The number of hydrogen-bond donors (Lipinski definition) is 1. The molecule has 3 nitrogen and oxygen atoms in total. The predicted molar refractivity (Wildman–Crippen MR) is 64.2 cm³/mol. The molecule has 0 aliphatic carbocycles. The Morgan fingerprint density at radius 1 is 1.47 bits per heavy atom. The summed E-state index contributed by atoms with van der Waals surface area (Å²) in [7, 11) is 0. The van der Waals surface area contributed by atoms with E-state index in [1.807, 2.05) is 13.8 Å². The molecule has 1 heterocycles. The monoisotopic (exact) mass is 277 g/mol. The lowest BCUT2D eigenvalue weighted by molar-refractivity contribution is -0.161. The Balaban J connectivity index is 2.52. The third-order valence-corrected chi connectivity index (χ3v) is 3.38. The van der Waals surface area contributed by atoms with E-state index in [9.17, 15) is 4.79 Å². The van der Waals surface area contributed by atoms with Crippen LogP contribution in [-0.2, 0) is 9.53 Å². The van der Waals surface area contributed by atoms with Gasteiger partial charge in [-0.1, -0.05) is 15.9 Å². The van der Waals surface area contributed by atoms with E-state index in [4.69, 9.17) is 4.74 Å². The van der Waals surface area contributed by atoms with Gasteiger partial charge in [0.05, 0.1) is 0 Å². The number of halogens is 1. The molecule has 0 aromatic heterocycles. The minimum Gasteiger partial charge on any atom is -0.459 e. The topological polar surface area (TPSA) is 38.3 Å². The van der Waals surface area contributed by atoms with Gasteiger partial charge in [-0.25, -0.2) is 0 Å². The van der Waals surface area contributed by atoms with Crippen molar-refractivity contribution in [3.63, 3.8) is 0 Å². The standard InChI is InChI=1S/C11H20BrNO2/c1-8(12)10(14)15-11(2,3)9-4-6-13-7-5-9/h8-9,13H,4-7H2,1-3H3. The minimum absolute atomic E-state index is 0.168. The molecule has 4 heteroatoms. The van der Waals surface area contributed by atoms with Crippen molar-refractivity contribution in [2.24, 2.45) is 5.92 Å². The zero-order valence-electron chi connectivity index (χ0n) is 9.68. The van der Waals surface area contributed by atoms with E-state index in [0.29, 0.717) is 5.92 Å². The first-order valence-electron chi connectivity index (χ1n) is 5.51. The van der Waals surface area contributed by atoms with Gasteiger partial charge in [0.2, 0.25) is 0 Å². The highest BCUT2D eigenvalue weighted by atomic mass is 79.9. The van der Waals surface area contributed by atoms with Crippen molar-refractivity contribution in [3.8, 4) is 0 Å². The van der Waals surface area contributed by atoms with Crippen LogP contribution < -0.4 is 5.32 Å². The summed E-state index contributed by atoms with van der Waals surface area (Å²) < 4.78 is 5.53. The molecule has 1 N–H and O–H groups in total. The van der Waals surface area contributed by atoms with Gasteiger partial charge in [-0.2, -0.15) is 0 Å². The largest absolute Gasteiger partial charge is 0.459 e. The summed E-state index contributed by atoms with van der Waals surface area (Å²) in [5.41, 5.74) is -0.346. The Hall–Kier alpha value is -0.0900. The van der Waals surface area contributed by atoms with Crippen LogP contribution in [0.4, 0.5) is 0 Å². The first-order valence-corrected chi connectivity index (χ1v) is 6.42. The predicted octanol–water partition coefficient (Wildman–Crippen LogP) is 2.09. The fourth-order valence-electron chi connectivity index (χ4n) is 1.94. The van der Waals surface area contributed by atoms with Gasteiger partial charge in [0.15, 0.2) is 0 Å². The molecular weight excluding hydrogens is 258 g/mol. The number of carbonyl (C=O) groups is 1. The number of piperidine rings is 1. The number of hydrogen-bond acceptors (Lipinski definition) is 3. The van der Waals surface area contributed by atoms with Crippen molar-refractivity contribution in [2.45, 2.75) is 44.0 Å². The van der Waals surface area contributed by atoms with Crippen LogP contribution >= 0.6 is 15.9 Å². The van der Waals surface area contributed by atoms with Gasteiger partial charge >= 0.3 is 5.97 Å². The Labute approximate surface area is 100 Å². The Morgan fingerprint density at radius 2 is 2.00 bits per heavy atom. The molecule has 1 fully saturated rings. The quantitative estimate of drug-likeness (QED) is 0.634. The highest BCUT2D eigenvalue weighted by Crippen LogP contribution is 2.29. The van der Waals surface area contributed by atoms with Gasteiger partial charge in [0.1, 0.15) is 10.4 Å². The van der Waals surface area contributed by atoms with E-state index in [1.165, 1.54) is 0 Å². The molecule has 0 amide bonds. The van der Waals surface area contributed by atoms with Gasteiger partial charge in [0.25, 0.3) is 0 Å². The molecule has 0 spiro atoms. The zero-order chi connectivity index (χ0) is 11.5. The molecule has 0 bridgehead atoms. The average molecular weight is 278 g/mol. The summed E-state index contributed by atoms with van der Waals surface area (Å²) in [4.78, 5) is 11.3. The van der Waals surface area contributed by atoms with Crippen molar-refractivity contribution in [1.29, 1.82) is 0 Å². The van der Waals surface area contributed by atoms with Crippen molar-refractivity contribution >= 4 is 21.9 Å². The third-order valence-electron chi connectivity index (χ3n) is 3.01. The number of ether oxygens (including phenoxy) is 1. The lowest BCUT2D eigenvalue weighted by atomic mass is 9.83. The van der Waals surface area contributed by atoms with Crippen LogP contribution in [0.15, 0.2) is 0 Å². The molecule has 1 aliphatic heterocycles. The number of nitrogens with one attached hydrogen (secondary N) is 1. The van der Waals surface area contributed by atoms with Gasteiger partial charge < -0.3 is 10.1 Å². The second-order valence-electron chi connectivity index (χ2n) is 4.66. The van der Waals surface area contributed by atoms with Crippen molar-refractivity contribution in [1.82, 2.24) is 5.32 Å².